The minimum absolute atomic E-state index is 0.0178. The molecule has 4 aliphatic carbocycles. The van der Waals surface area contributed by atoms with Crippen LogP contribution in [0.3, 0.4) is 0 Å². The summed E-state index contributed by atoms with van der Waals surface area (Å²) in [4.78, 5) is 12.4. The zero-order valence-electron chi connectivity index (χ0n) is 23.8. The van der Waals surface area contributed by atoms with E-state index in [4.69, 9.17) is 9.26 Å². The maximum atomic E-state index is 12.4. The van der Waals surface area contributed by atoms with Gasteiger partial charge in [0, 0.05) is 13.0 Å². The van der Waals surface area contributed by atoms with Crippen molar-refractivity contribution in [2.75, 3.05) is 13.2 Å². The molecule has 1 N–H and O–H groups in total. The van der Waals surface area contributed by atoms with Gasteiger partial charge in [-0.05, 0) is 103 Å². The molecule has 0 aliphatic heterocycles. The summed E-state index contributed by atoms with van der Waals surface area (Å²) < 4.78 is 21.0. The van der Waals surface area contributed by atoms with Crippen molar-refractivity contribution in [2.24, 2.45) is 34.5 Å². The number of nitrogens with one attached hydrogen (secondary N) is 1. The van der Waals surface area contributed by atoms with E-state index >= 15 is 0 Å². The molecule has 0 spiro atoms. The van der Waals surface area contributed by atoms with Crippen LogP contribution in [0.15, 0.2) is 11.6 Å². The third-order valence-corrected chi connectivity index (χ3v) is 11.5. The molecule has 0 aromatic carbocycles. The standard InChI is InChI=1S/C31H52NO4P/c1-4-5-8-11-23-13-15-27-26-14-12-24-22-25(16-18-31(24,3)28(26)17-19-30(23,27)2)36-29(33)32-20-9-6-7-10-21-35-37-34/h12,23,25-28,37H,4-11,13-22H2,1-3H3/p+1. The Bertz CT molecular complexity index is 802. The topological polar surface area (TPSA) is 64.6 Å². The van der Waals surface area contributed by atoms with Gasteiger partial charge in [0.1, 0.15) is 12.7 Å². The lowest BCUT2D eigenvalue weighted by Gasteiger charge is -2.58. The molecule has 4 aliphatic rings. The van der Waals surface area contributed by atoms with Crippen LogP contribution in [0.2, 0.25) is 0 Å². The molecular formula is C31H53NO4P+. The van der Waals surface area contributed by atoms with Gasteiger partial charge in [-0.3, -0.25) is 0 Å². The molecule has 210 valence electrons. The number of ether oxygens (including phenoxy) is 1. The van der Waals surface area contributed by atoms with Crippen LogP contribution >= 0.6 is 8.69 Å². The van der Waals surface area contributed by atoms with E-state index in [0.29, 0.717) is 24.0 Å². The van der Waals surface area contributed by atoms with Crippen molar-refractivity contribution in [3.05, 3.63) is 11.6 Å². The van der Waals surface area contributed by atoms with E-state index in [2.05, 4.69) is 32.2 Å². The van der Waals surface area contributed by atoms with Gasteiger partial charge in [-0.1, -0.05) is 64.5 Å². The predicted octanol–water partition coefficient (Wildman–Crippen LogP) is 8.76. The molecule has 4 rings (SSSR count). The molecule has 37 heavy (non-hydrogen) atoms. The summed E-state index contributed by atoms with van der Waals surface area (Å²) in [5.41, 5.74) is 2.46. The van der Waals surface area contributed by atoms with Gasteiger partial charge in [0.15, 0.2) is 0 Å². The number of rotatable bonds is 13. The van der Waals surface area contributed by atoms with E-state index in [-0.39, 0.29) is 12.2 Å². The Morgan fingerprint density at radius 3 is 2.68 bits per heavy atom. The van der Waals surface area contributed by atoms with Crippen LogP contribution in [-0.4, -0.2) is 25.3 Å². The Balaban J connectivity index is 1.25. The molecule has 5 nitrogen and oxygen atoms in total. The Morgan fingerprint density at radius 1 is 1.03 bits per heavy atom. The smallest absolute Gasteiger partial charge is 0.446 e. The SMILES string of the molecule is CCCCCC1CCC2C3CC=C4CC(OC(=O)NCCCCCCO[PH+]=O)CCC4(C)C3CCC12C. The molecule has 0 saturated heterocycles. The van der Waals surface area contributed by atoms with Crippen molar-refractivity contribution in [1.29, 1.82) is 0 Å². The first-order valence-electron chi connectivity index (χ1n) is 15.5. The fraction of sp³-hybridized carbons (Fsp3) is 0.903. The lowest BCUT2D eigenvalue weighted by molar-refractivity contribution is -0.0519. The first kappa shape index (κ1) is 29.1. The van der Waals surface area contributed by atoms with E-state index in [0.717, 1.165) is 68.6 Å². The molecular weight excluding hydrogens is 481 g/mol. The van der Waals surface area contributed by atoms with E-state index < -0.39 is 8.69 Å². The van der Waals surface area contributed by atoms with E-state index in [1.807, 2.05) is 0 Å². The zero-order chi connectivity index (χ0) is 26.3. The molecule has 8 atom stereocenters. The normalized spacial score (nSPS) is 36.8. The second kappa shape index (κ2) is 13.4. The summed E-state index contributed by atoms with van der Waals surface area (Å²) in [5, 5.41) is 2.95. The highest BCUT2D eigenvalue weighted by atomic mass is 31.1. The number of carbonyl (C=O) groups is 1. The second-order valence-corrected chi connectivity index (χ2v) is 13.6. The minimum atomic E-state index is -0.664. The van der Waals surface area contributed by atoms with Gasteiger partial charge in [-0.15, -0.1) is 4.52 Å². The molecule has 0 aromatic heterocycles. The zero-order valence-corrected chi connectivity index (χ0v) is 24.8. The predicted molar refractivity (Wildman–Crippen MR) is 151 cm³/mol. The van der Waals surface area contributed by atoms with E-state index in [1.54, 1.807) is 5.57 Å². The van der Waals surface area contributed by atoms with Crippen LogP contribution in [0.5, 0.6) is 0 Å². The molecule has 8 unspecified atom stereocenters. The fourth-order valence-electron chi connectivity index (χ4n) is 9.03. The van der Waals surface area contributed by atoms with Crippen LogP contribution in [0.4, 0.5) is 4.79 Å². The Morgan fingerprint density at radius 2 is 1.86 bits per heavy atom. The van der Waals surface area contributed by atoms with Crippen LogP contribution in [-0.2, 0) is 13.8 Å². The van der Waals surface area contributed by atoms with Crippen LogP contribution in [0.1, 0.15) is 124 Å². The van der Waals surface area contributed by atoms with Crippen LogP contribution in [0, 0.1) is 34.5 Å². The third kappa shape index (κ3) is 6.63. The molecule has 1 amide bonds. The fourth-order valence-corrected chi connectivity index (χ4v) is 9.26. The van der Waals surface area contributed by atoms with Crippen LogP contribution < -0.4 is 5.32 Å². The number of hydrogen-bond donors (Lipinski definition) is 1. The number of alkyl carbamates (subject to hydrolysis) is 1. The number of amides is 1. The van der Waals surface area contributed by atoms with Gasteiger partial charge in [-0.2, -0.15) is 0 Å². The van der Waals surface area contributed by atoms with Crippen molar-refractivity contribution in [2.45, 2.75) is 130 Å². The van der Waals surface area contributed by atoms with E-state index in [1.165, 1.54) is 57.8 Å². The Kier molecular flexibility index (Phi) is 10.5. The van der Waals surface area contributed by atoms with Crippen molar-refractivity contribution in [3.63, 3.8) is 0 Å². The highest BCUT2D eigenvalue weighted by Gasteiger charge is 2.58. The number of fused-ring (bicyclic) bond motifs is 5. The van der Waals surface area contributed by atoms with Gasteiger partial charge < -0.3 is 10.1 Å². The van der Waals surface area contributed by atoms with Gasteiger partial charge in [0.25, 0.3) is 0 Å². The Hall–Kier alpha value is -0.930. The average molecular weight is 535 g/mol. The number of carbonyl (C=O) groups excluding carboxylic acids is 1. The monoisotopic (exact) mass is 534 g/mol. The second-order valence-electron chi connectivity index (χ2n) is 13.1. The van der Waals surface area contributed by atoms with E-state index in [9.17, 15) is 9.36 Å². The highest BCUT2D eigenvalue weighted by molar-refractivity contribution is 7.17. The summed E-state index contributed by atoms with van der Waals surface area (Å²) in [6, 6.07) is 0. The number of allylic oxidation sites excluding steroid dienone is 1. The Labute approximate surface area is 227 Å². The largest absolute Gasteiger partial charge is 0.494 e. The quantitative estimate of drug-likeness (QED) is 0.146. The molecule has 0 bridgehead atoms. The first-order valence-corrected chi connectivity index (χ1v) is 16.4. The molecule has 6 heteroatoms. The average Bonchev–Trinajstić information content (AvgIpc) is 3.22. The summed E-state index contributed by atoms with van der Waals surface area (Å²) in [7, 11) is -0.664. The van der Waals surface area contributed by atoms with Crippen molar-refractivity contribution >= 4 is 14.8 Å². The first-order chi connectivity index (χ1) is 17.9. The van der Waals surface area contributed by atoms with Gasteiger partial charge in [0.2, 0.25) is 0 Å². The molecule has 3 saturated carbocycles. The maximum absolute atomic E-state index is 12.4. The minimum Gasteiger partial charge on any atom is -0.446 e. The molecule has 3 fully saturated rings. The van der Waals surface area contributed by atoms with Crippen LogP contribution in [0.25, 0.3) is 0 Å². The van der Waals surface area contributed by atoms with Crippen molar-refractivity contribution in [1.82, 2.24) is 5.32 Å². The summed E-state index contributed by atoms with van der Waals surface area (Å²) >= 11 is 0. The molecule has 0 radical (unpaired) electrons. The van der Waals surface area contributed by atoms with Gasteiger partial charge in [-0.25, -0.2) is 4.79 Å². The van der Waals surface area contributed by atoms with Crippen molar-refractivity contribution < 1.29 is 18.6 Å². The maximum Gasteiger partial charge on any atom is 0.494 e. The number of hydrogen-bond acceptors (Lipinski definition) is 4. The third-order valence-electron chi connectivity index (χ3n) is 11.2. The summed E-state index contributed by atoms with van der Waals surface area (Å²) in [5.74, 6) is 3.53. The van der Waals surface area contributed by atoms with Gasteiger partial charge in [0.05, 0.1) is 0 Å². The number of unbranched alkanes of at least 4 members (excludes halogenated alkanes) is 5. The lowest BCUT2D eigenvalue weighted by Crippen LogP contribution is -2.50. The highest BCUT2D eigenvalue weighted by Crippen LogP contribution is 2.66. The van der Waals surface area contributed by atoms with Crippen molar-refractivity contribution in [3.8, 4) is 0 Å². The molecule has 0 aromatic rings. The lowest BCUT2D eigenvalue weighted by atomic mass is 9.47. The summed E-state index contributed by atoms with van der Waals surface area (Å²) in [6.07, 6.45) is 21.9. The molecule has 0 heterocycles. The summed E-state index contributed by atoms with van der Waals surface area (Å²) in [6.45, 7) is 8.73. The van der Waals surface area contributed by atoms with Gasteiger partial charge >= 0.3 is 14.8 Å².